The third-order valence-electron chi connectivity index (χ3n) is 2.82. The highest BCUT2D eigenvalue weighted by Gasteiger charge is 2.32. The van der Waals surface area contributed by atoms with Crippen molar-refractivity contribution in [3.8, 4) is 0 Å². The Balaban J connectivity index is 3.67. The van der Waals surface area contributed by atoms with E-state index in [-0.39, 0.29) is 5.71 Å². The van der Waals surface area contributed by atoms with Crippen LogP contribution >= 0.6 is 0 Å². The minimum absolute atomic E-state index is 0.132. The molecule has 0 unspecified atom stereocenters. The van der Waals surface area contributed by atoms with E-state index in [0.29, 0.717) is 6.42 Å². The molecule has 0 aromatic heterocycles. The normalized spacial score (nSPS) is 11.3. The van der Waals surface area contributed by atoms with Gasteiger partial charge in [0.25, 0.3) is 11.6 Å². The fourth-order valence-electron chi connectivity index (χ4n) is 1.72. The van der Waals surface area contributed by atoms with Crippen LogP contribution in [0.25, 0.3) is 5.53 Å². The molecule has 4 nitrogen and oxygen atoms in total. The number of nitrogens with two attached hydrogens (primary N) is 2. The van der Waals surface area contributed by atoms with E-state index in [1.165, 1.54) is 0 Å². The van der Waals surface area contributed by atoms with Crippen LogP contribution in [-0.2, 0) is 0 Å². The van der Waals surface area contributed by atoms with E-state index in [9.17, 15) is 8.78 Å². The van der Waals surface area contributed by atoms with Crippen LogP contribution in [0.2, 0.25) is 0 Å². The summed E-state index contributed by atoms with van der Waals surface area (Å²) in [5.41, 5.74) is 19.1. The van der Waals surface area contributed by atoms with Gasteiger partial charge in [0.1, 0.15) is 6.42 Å². The van der Waals surface area contributed by atoms with E-state index in [1.54, 1.807) is 0 Å². The van der Waals surface area contributed by atoms with Gasteiger partial charge in [-0.3, -0.25) is 0 Å². The molecule has 0 atom stereocenters. The highest BCUT2D eigenvalue weighted by molar-refractivity contribution is 5.79. The van der Waals surface area contributed by atoms with Gasteiger partial charge >= 0.3 is 0 Å². The molecule has 0 radical (unpaired) electrons. The van der Waals surface area contributed by atoms with Crippen molar-refractivity contribution in [2.24, 2.45) is 11.5 Å². The first kappa shape index (κ1) is 17.2. The topological polar surface area (TPSA) is 88.4 Å². The summed E-state index contributed by atoms with van der Waals surface area (Å²) in [6.07, 6.45) is 5.90. The van der Waals surface area contributed by atoms with Gasteiger partial charge in [0.05, 0.1) is 6.54 Å². The van der Waals surface area contributed by atoms with Crippen LogP contribution in [0.4, 0.5) is 8.78 Å². The highest BCUT2D eigenvalue weighted by Crippen LogP contribution is 2.18. The molecule has 0 heterocycles. The molecule has 18 heavy (non-hydrogen) atoms. The van der Waals surface area contributed by atoms with Gasteiger partial charge in [0.2, 0.25) is 0 Å². The number of alkyl halides is 2. The summed E-state index contributed by atoms with van der Waals surface area (Å²) in [7, 11) is 0. The fraction of sp³-hybridized carbons (Fsp3) is 0.917. The molecule has 4 N–H and O–H groups in total. The first-order chi connectivity index (χ1) is 8.55. The van der Waals surface area contributed by atoms with Crippen LogP contribution in [0, 0.1) is 0 Å². The summed E-state index contributed by atoms with van der Waals surface area (Å²) < 4.78 is 26.0. The van der Waals surface area contributed by atoms with Crippen molar-refractivity contribution in [3.05, 3.63) is 5.53 Å². The molecule has 0 saturated carbocycles. The second-order valence-corrected chi connectivity index (χ2v) is 4.56. The first-order valence-corrected chi connectivity index (χ1v) is 6.53. The molecule has 0 aromatic carbocycles. The van der Waals surface area contributed by atoms with Crippen molar-refractivity contribution in [1.29, 1.82) is 0 Å². The molecule has 0 amide bonds. The zero-order valence-electron chi connectivity index (χ0n) is 10.9. The largest absolute Gasteiger partial charge is 0.362 e. The summed E-state index contributed by atoms with van der Waals surface area (Å²) in [5.74, 6) is -2.97. The van der Waals surface area contributed by atoms with Gasteiger partial charge in [-0.25, -0.2) is 8.78 Å². The number of hydrogen-bond acceptors (Lipinski definition) is 2. The van der Waals surface area contributed by atoms with Gasteiger partial charge in [-0.2, -0.15) is 4.79 Å². The van der Waals surface area contributed by atoms with Crippen LogP contribution in [-0.4, -0.2) is 29.5 Å². The predicted molar refractivity (Wildman–Crippen MR) is 68.6 cm³/mol. The first-order valence-electron chi connectivity index (χ1n) is 6.53. The fourth-order valence-corrected chi connectivity index (χ4v) is 1.72. The lowest BCUT2D eigenvalue weighted by atomic mass is 10.0. The standard InChI is InChI=1S/C12H24F2N4/c13-12(14,10-16)9-11(18-17)7-5-3-1-2-4-6-8-15/h1-10,15-16H2. The van der Waals surface area contributed by atoms with E-state index in [2.05, 4.69) is 4.79 Å². The lowest BCUT2D eigenvalue weighted by Gasteiger charge is -2.10. The Morgan fingerprint density at radius 2 is 1.56 bits per heavy atom. The lowest BCUT2D eigenvalue weighted by Crippen LogP contribution is -2.30. The Labute approximate surface area is 107 Å². The van der Waals surface area contributed by atoms with Gasteiger partial charge < -0.3 is 17.0 Å². The Hall–Kier alpha value is -0.840. The van der Waals surface area contributed by atoms with Gasteiger partial charge in [-0.05, 0) is 19.4 Å². The van der Waals surface area contributed by atoms with Crippen LogP contribution in [0.5, 0.6) is 0 Å². The van der Waals surface area contributed by atoms with Gasteiger partial charge in [0, 0.05) is 6.42 Å². The number of rotatable bonds is 11. The van der Waals surface area contributed by atoms with Crippen LogP contribution in [0.3, 0.4) is 0 Å². The maximum absolute atomic E-state index is 13.0. The molecule has 0 aliphatic carbocycles. The predicted octanol–water partition coefficient (Wildman–Crippen LogP) is 2.33. The zero-order valence-corrected chi connectivity index (χ0v) is 10.9. The number of nitrogens with zero attached hydrogens (tertiary/aromatic N) is 2. The monoisotopic (exact) mass is 262 g/mol. The van der Waals surface area contributed by atoms with Crippen molar-refractivity contribution in [3.63, 3.8) is 0 Å². The summed E-state index contributed by atoms with van der Waals surface area (Å²) in [4.78, 5) is 2.93. The van der Waals surface area contributed by atoms with Gasteiger partial charge in [0.15, 0.2) is 0 Å². The Bertz CT molecular complexity index is 263. The van der Waals surface area contributed by atoms with Crippen LogP contribution in [0.1, 0.15) is 51.4 Å². The molecule has 0 aliphatic rings. The minimum atomic E-state index is -2.97. The maximum atomic E-state index is 13.0. The Kier molecular flexibility index (Phi) is 9.64. The minimum Gasteiger partial charge on any atom is -0.362 e. The third kappa shape index (κ3) is 9.22. The molecule has 0 rings (SSSR count). The van der Waals surface area contributed by atoms with Crippen LogP contribution < -0.4 is 11.5 Å². The maximum Gasteiger partial charge on any atom is 0.274 e. The summed E-state index contributed by atoms with van der Waals surface area (Å²) in [6.45, 7) is 0.000594. The average molecular weight is 262 g/mol. The van der Waals surface area contributed by atoms with Crippen molar-refractivity contribution in [2.45, 2.75) is 57.3 Å². The number of hydrogen-bond donors (Lipinski definition) is 2. The molecule has 106 valence electrons. The molecule has 6 heteroatoms. The molecular weight excluding hydrogens is 238 g/mol. The van der Waals surface area contributed by atoms with Crippen molar-refractivity contribution >= 4 is 5.71 Å². The Morgan fingerprint density at radius 1 is 1.00 bits per heavy atom. The average Bonchev–Trinajstić information content (AvgIpc) is 2.36. The zero-order chi connectivity index (χ0) is 13.9. The van der Waals surface area contributed by atoms with E-state index >= 15 is 0 Å². The molecule has 0 bridgehead atoms. The Morgan fingerprint density at radius 3 is 2.06 bits per heavy atom. The quantitative estimate of drug-likeness (QED) is 0.259. The number of unbranched alkanes of at least 4 members (excludes halogenated alkanes) is 5. The van der Waals surface area contributed by atoms with Crippen molar-refractivity contribution in [2.75, 3.05) is 13.1 Å². The number of halogens is 2. The lowest BCUT2D eigenvalue weighted by molar-refractivity contribution is -0.0339. The second kappa shape index (κ2) is 10.1. The molecule has 0 spiro atoms. The summed E-state index contributed by atoms with van der Waals surface area (Å²) >= 11 is 0. The van der Waals surface area contributed by atoms with Gasteiger partial charge in [-0.15, -0.1) is 0 Å². The smallest absolute Gasteiger partial charge is 0.274 e. The van der Waals surface area contributed by atoms with E-state index in [0.717, 1.165) is 45.1 Å². The van der Waals surface area contributed by atoms with Crippen LogP contribution in [0.15, 0.2) is 0 Å². The van der Waals surface area contributed by atoms with Crippen molar-refractivity contribution in [1.82, 2.24) is 0 Å². The molecule has 0 saturated heterocycles. The van der Waals surface area contributed by atoms with E-state index < -0.39 is 18.9 Å². The SMILES string of the molecule is [N-]=[N+]=C(CCCCCCCCN)CC(F)(F)CN. The summed E-state index contributed by atoms with van der Waals surface area (Å²) in [5, 5.41) is 0. The third-order valence-corrected chi connectivity index (χ3v) is 2.82. The van der Waals surface area contributed by atoms with E-state index in [1.807, 2.05) is 0 Å². The molecule has 0 fully saturated rings. The van der Waals surface area contributed by atoms with E-state index in [4.69, 9.17) is 17.0 Å². The molecular formula is C12H24F2N4. The highest BCUT2D eigenvalue weighted by atomic mass is 19.3. The second-order valence-electron chi connectivity index (χ2n) is 4.56. The van der Waals surface area contributed by atoms with Gasteiger partial charge in [-0.1, -0.05) is 25.7 Å². The molecule has 0 aromatic rings. The summed E-state index contributed by atoms with van der Waals surface area (Å²) in [6, 6.07) is 0. The van der Waals surface area contributed by atoms with Crippen molar-refractivity contribution < 1.29 is 13.6 Å². The molecule has 0 aliphatic heterocycles.